The number of hydrogen-bond donors (Lipinski definition) is 1. The van der Waals surface area contributed by atoms with E-state index in [-0.39, 0.29) is 6.29 Å². The zero-order chi connectivity index (χ0) is 17.3. The highest BCUT2D eigenvalue weighted by Crippen LogP contribution is 2.21. The summed E-state index contributed by atoms with van der Waals surface area (Å²) < 4.78 is 17.1. The van der Waals surface area contributed by atoms with Crippen LogP contribution in [0.4, 0.5) is 5.69 Å². The van der Waals surface area contributed by atoms with E-state index < -0.39 is 0 Å². The lowest BCUT2D eigenvalue weighted by atomic mass is 10.1. The first-order valence-electron chi connectivity index (χ1n) is 8.64. The highest BCUT2D eigenvalue weighted by Gasteiger charge is 2.13. The minimum Gasteiger partial charge on any atom is -0.490 e. The number of anilines is 1. The van der Waals surface area contributed by atoms with Gasteiger partial charge in [0.25, 0.3) is 0 Å². The largest absolute Gasteiger partial charge is 0.490 e. The Morgan fingerprint density at radius 1 is 1.04 bits per heavy atom. The number of ether oxygens (including phenoxy) is 3. The molecule has 1 atom stereocenters. The maximum absolute atomic E-state index is 5.88. The van der Waals surface area contributed by atoms with Crippen LogP contribution in [0.5, 0.6) is 5.75 Å². The molecule has 1 heterocycles. The fourth-order valence-electron chi connectivity index (χ4n) is 2.61. The Kier molecular flexibility index (Phi) is 6.33. The van der Waals surface area contributed by atoms with Gasteiger partial charge in [0.2, 0.25) is 0 Å². The molecule has 0 spiro atoms. The molecule has 4 nitrogen and oxygen atoms in total. The minimum atomic E-state index is -0.0962. The highest BCUT2D eigenvalue weighted by atomic mass is 16.7. The van der Waals surface area contributed by atoms with Crippen LogP contribution in [-0.4, -0.2) is 26.1 Å². The molecule has 0 amide bonds. The van der Waals surface area contributed by atoms with Gasteiger partial charge in [-0.1, -0.05) is 30.0 Å². The van der Waals surface area contributed by atoms with Crippen LogP contribution in [0.2, 0.25) is 0 Å². The van der Waals surface area contributed by atoms with Crippen LogP contribution in [0.3, 0.4) is 0 Å². The number of nitrogen functional groups attached to an aromatic ring is 1. The first-order valence-corrected chi connectivity index (χ1v) is 8.64. The molecule has 130 valence electrons. The summed E-state index contributed by atoms with van der Waals surface area (Å²) in [6, 6.07) is 15.3. The summed E-state index contributed by atoms with van der Waals surface area (Å²) in [4.78, 5) is 0. The summed E-state index contributed by atoms with van der Waals surface area (Å²) in [6.45, 7) is 1.72. The summed E-state index contributed by atoms with van der Waals surface area (Å²) in [6.07, 6.45) is 3.13. The molecule has 3 rings (SSSR count). The van der Waals surface area contributed by atoms with E-state index >= 15 is 0 Å². The average molecular weight is 337 g/mol. The molecule has 1 unspecified atom stereocenters. The lowest BCUT2D eigenvalue weighted by Crippen LogP contribution is -2.24. The molecule has 0 radical (unpaired) electrons. The Morgan fingerprint density at radius 3 is 2.72 bits per heavy atom. The van der Waals surface area contributed by atoms with E-state index in [4.69, 9.17) is 19.9 Å². The van der Waals surface area contributed by atoms with E-state index in [0.29, 0.717) is 24.7 Å². The number of benzene rings is 2. The molecule has 1 aliphatic rings. The van der Waals surface area contributed by atoms with Crippen LogP contribution >= 0.6 is 0 Å². The molecular weight excluding hydrogens is 314 g/mol. The summed E-state index contributed by atoms with van der Waals surface area (Å²) in [7, 11) is 0. The van der Waals surface area contributed by atoms with Gasteiger partial charge in [0.15, 0.2) is 6.29 Å². The number of nitrogens with two attached hydrogens (primary N) is 1. The van der Waals surface area contributed by atoms with Gasteiger partial charge in [-0.05, 0) is 49.6 Å². The Bertz CT molecular complexity index is 728. The topological polar surface area (TPSA) is 53.7 Å². The summed E-state index contributed by atoms with van der Waals surface area (Å²) in [5.41, 5.74) is 8.28. The van der Waals surface area contributed by atoms with Crippen molar-refractivity contribution in [2.75, 3.05) is 25.6 Å². The molecule has 0 aliphatic carbocycles. The van der Waals surface area contributed by atoms with Crippen molar-refractivity contribution < 1.29 is 14.2 Å². The van der Waals surface area contributed by atoms with Crippen molar-refractivity contribution in [1.82, 2.24) is 0 Å². The number of hydrogen-bond acceptors (Lipinski definition) is 4. The Hall–Kier alpha value is -2.48. The van der Waals surface area contributed by atoms with Gasteiger partial charge in [-0.15, -0.1) is 0 Å². The number of rotatable bonds is 5. The van der Waals surface area contributed by atoms with Crippen molar-refractivity contribution in [3.8, 4) is 17.6 Å². The second kappa shape index (κ2) is 9.12. The molecule has 2 aromatic rings. The average Bonchev–Trinajstić information content (AvgIpc) is 2.66. The molecule has 1 aliphatic heterocycles. The minimum absolute atomic E-state index is 0.0962. The Labute approximate surface area is 148 Å². The Morgan fingerprint density at radius 2 is 1.92 bits per heavy atom. The molecule has 4 heteroatoms. The molecule has 0 saturated carbocycles. The van der Waals surface area contributed by atoms with Crippen molar-refractivity contribution in [3.05, 3.63) is 59.7 Å². The van der Waals surface area contributed by atoms with Crippen LogP contribution in [0, 0.1) is 11.8 Å². The maximum Gasteiger partial charge on any atom is 0.157 e. The normalized spacial score (nSPS) is 16.7. The van der Waals surface area contributed by atoms with E-state index in [1.807, 2.05) is 48.5 Å². The van der Waals surface area contributed by atoms with Crippen LogP contribution in [0.25, 0.3) is 0 Å². The predicted octanol–water partition coefficient (Wildman–Crippen LogP) is 3.59. The predicted molar refractivity (Wildman–Crippen MR) is 98.3 cm³/mol. The van der Waals surface area contributed by atoms with Gasteiger partial charge in [-0.25, -0.2) is 0 Å². The SMILES string of the molecule is Nc1ccc(OCCOC2CCCCO2)c(C#Cc2ccccc2)c1. The first kappa shape index (κ1) is 17.3. The lowest BCUT2D eigenvalue weighted by molar-refractivity contribution is -0.165. The third kappa shape index (κ3) is 5.53. The smallest absolute Gasteiger partial charge is 0.157 e. The molecular formula is C21H23NO3. The van der Waals surface area contributed by atoms with Crippen LogP contribution in [-0.2, 0) is 9.47 Å². The quantitative estimate of drug-likeness (QED) is 0.515. The first-order chi connectivity index (χ1) is 12.3. The van der Waals surface area contributed by atoms with Crippen LogP contribution in [0.1, 0.15) is 30.4 Å². The fourth-order valence-corrected chi connectivity index (χ4v) is 2.61. The molecule has 1 saturated heterocycles. The van der Waals surface area contributed by atoms with Crippen molar-refractivity contribution in [2.45, 2.75) is 25.6 Å². The zero-order valence-corrected chi connectivity index (χ0v) is 14.2. The molecule has 0 bridgehead atoms. The van der Waals surface area contributed by atoms with E-state index in [1.54, 1.807) is 0 Å². The molecule has 25 heavy (non-hydrogen) atoms. The Balaban J connectivity index is 1.58. The standard InChI is InChI=1S/C21H23NO3/c22-19-11-12-20(23-14-15-25-21-8-4-5-13-24-21)18(16-19)10-9-17-6-2-1-3-7-17/h1-3,6-7,11-12,16,21H,4-5,8,13-15,22H2. The fraction of sp³-hybridized carbons (Fsp3) is 0.333. The van der Waals surface area contributed by atoms with Crippen molar-refractivity contribution >= 4 is 5.69 Å². The van der Waals surface area contributed by atoms with Crippen molar-refractivity contribution in [1.29, 1.82) is 0 Å². The van der Waals surface area contributed by atoms with Gasteiger partial charge >= 0.3 is 0 Å². The molecule has 1 fully saturated rings. The van der Waals surface area contributed by atoms with E-state index in [2.05, 4.69) is 11.8 Å². The van der Waals surface area contributed by atoms with Gasteiger partial charge in [0, 0.05) is 17.9 Å². The van der Waals surface area contributed by atoms with Gasteiger partial charge in [-0.3, -0.25) is 0 Å². The summed E-state index contributed by atoms with van der Waals surface area (Å²) >= 11 is 0. The second-order valence-corrected chi connectivity index (χ2v) is 5.89. The van der Waals surface area contributed by atoms with E-state index in [0.717, 1.165) is 37.0 Å². The molecule has 2 aromatic carbocycles. The van der Waals surface area contributed by atoms with Gasteiger partial charge in [0.05, 0.1) is 12.2 Å². The zero-order valence-electron chi connectivity index (χ0n) is 14.2. The van der Waals surface area contributed by atoms with Crippen molar-refractivity contribution in [3.63, 3.8) is 0 Å². The summed E-state index contributed by atoms with van der Waals surface area (Å²) in [5.74, 6) is 6.99. The third-order valence-corrected chi connectivity index (χ3v) is 3.90. The molecule has 2 N–H and O–H groups in total. The van der Waals surface area contributed by atoms with Crippen LogP contribution < -0.4 is 10.5 Å². The monoisotopic (exact) mass is 337 g/mol. The summed E-state index contributed by atoms with van der Waals surface area (Å²) in [5, 5.41) is 0. The second-order valence-electron chi connectivity index (χ2n) is 5.89. The third-order valence-electron chi connectivity index (χ3n) is 3.90. The maximum atomic E-state index is 5.88. The van der Waals surface area contributed by atoms with Gasteiger partial charge in [-0.2, -0.15) is 0 Å². The van der Waals surface area contributed by atoms with E-state index in [1.165, 1.54) is 0 Å². The van der Waals surface area contributed by atoms with Gasteiger partial charge < -0.3 is 19.9 Å². The van der Waals surface area contributed by atoms with E-state index in [9.17, 15) is 0 Å². The lowest BCUT2D eigenvalue weighted by Gasteiger charge is -2.22. The molecule has 0 aromatic heterocycles. The van der Waals surface area contributed by atoms with Crippen molar-refractivity contribution in [2.24, 2.45) is 0 Å². The van der Waals surface area contributed by atoms with Crippen LogP contribution in [0.15, 0.2) is 48.5 Å². The van der Waals surface area contributed by atoms with Gasteiger partial charge in [0.1, 0.15) is 12.4 Å². The highest BCUT2D eigenvalue weighted by molar-refractivity contribution is 5.56.